The first kappa shape index (κ1) is 18.7. The molecule has 28 heavy (non-hydrogen) atoms. The van der Waals surface area contributed by atoms with Gasteiger partial charge in [0.25, 0.3) is 0 Å². The molecule has 2 aromatic rings. The molecule has 0 unspecified atom stereocenters. The molecule has 8 heteroatoms. The standard InChI is InChI=1S/C20H21F3N4O/c21-20(22,23)17-11-18(25-12-24-17)27-9-7-14(8-10-27)19(28)26-16-6-5-13-3-1-2-4-15(13)16/h1-4,11-12,14,16H,5-10H2,(H,26,28)/t16-/m0/s1. The van der Waals surface area contributed by atoms with Crippen molar-refractivity contribution in [1.29, 1.82) is 0 Å². The van der Waals surface area contributed by atoms with Crippen LogP contribution in [0.3, 0.4) is 0 Å². The van der Waals surface area contributed by atoms with Crippen molar-refractivity contribution < 1.29 is 18.0 Å². The molecule has 0 saturated carbocycles. The summed E-state index contributed by atoms with van der Waals surface area (Å²) in [4.78, 5) is 21.7. The van der Waals surface area contributed by atoms with Crippen molar-refractivity contribution in [2.45, 2.75) is 37.9 Å². The van der Waals surface area contributed by atoms with E-state index < -0.39 is 11.9 Å². The van der Waals surface area contributed by atoms with Gasteiger partial charge in [0.15, 0.2) is 0 Å². The van der Waals surface area contributed by atoms with E-state index in [1.54, 1.807) is 4.90 Å². The fraction of sp³-hybridized carbons (Fsp3) is 0.450. The van der Waals surface area contributed by atoms with Gasteiger partial charge in [-0.2, -0.15) is 13.2 Å². The number of piperidine rings is 1. The van der Waals surface area contributed by atoms with Crippen LogP contribution in [0.25, 0.3) is 0 Å². The van der Waals surface area contributed by atoms with E-state index in [1.807, 2.05) is 12.1 Å². The van der Waals surface area contributed by atoms with Gasteiger partial charge < -0.3 is 10.2 Å². The maximum atomic E-state index is 12.8. The molecule has 1 aromatic heterocycles. The first-order chi connectivity index (χ1) is 13.4. The summed E-state index contributed by atoms with van der Waals surface area (Å²) in [5.74, 6) is 0.152. The normalized spacial score (nSPS) is 20.1. The molecular weight excluding hydrogens is 369 g/mol. The lowest BCUT2D eigenvalue weighted by Crippen LogP contribution is -2.41. The van der Waals surface area contributed by atoms with Gasteiger partial charge in [-0.3, -0.25) is 4.79 Å². The van der Waals surface area contributed by atoms with E-state index in [9.17, 15) is 18.0 Å². The van der Waals surface area contributed by atoms with Crippen LogP contribution < -0.4 is 10.2 Å². The summed E-state index contributed by atoms with van der Waals surface area (Å²) in [7, 11) is 0. The third kappa shape index (κ3) is 3.81. The third-order valence-corrected chi connectivity index (χ3v) is 5.58. The van der Waals surface area contributed by atoms with Crippen LogP contribution in [-0.2, 0) is 17.4 Å². The van der Waals surface area contributed by atoms with Crippen molar-refractivity contribution >= 4 is 11.7 Å². The van der Waals surface area contributed by atoms with Crippen molar-refractivity contribution in [2.24, 2.45) is 5.92 Å². The number of hydrogen-bond donors (Lipinski definition) is 1. The third-order valence-electron chi connectivity index (χ3n) is 5.58. The Balaban J connectivity index is 1.35. The molecule has 1 aromatic carbocycles. The van der Waals surface area contributed by atoms with Crippen LogP contribution in [-0.4, -0.2) is 29.0 Å². The van der Waals surface area contributed by atoms with E-state index >= 15 is 0 Å². The number of aromatic nitrogens is 2. The van der Waals surface area contributed by atoms with Gasteiger partial charge in [-0.15, -0.1) is 0 Å². The van der Waals surface area contributed by atoms with Crippen molar-refractivity contribution in [3.8, 4) is 0 Å². The van der Waals surface area contributed by atoms with E-state index in [0.29, 0.717) is 25.9 Å². The number of rotatable bonds is 3. The first-order valence-electron chi connectivity index (χ1n) is 9.44. The zero-order chi connectivity index (χ0) is 19.7. The minimum Gasteiger partial charge on any atom is -0.356 e. The number of anilines is 1. The molecule has 1 atom stereocenters. The van der Waals surface area contributed by atoms with Gasteiger partial charge in [-0.05, 0) is 36.8 Å². The Morgan fingerprint density at radius 1 is 1.11 bits per heavy atom. The number of alkyl halides is 3. The summed E-state index contributed by atoms with van der Waals surface area (Å²) in [5, 5.41) is 3.16. The summed E-state index contributed by atoms with van der Waals surface area (Å²) in [6.45, 7) is 0.987. The predicted octanol–water partition coefficient (Wildman–Crippen LogP) is 3.52. The van der Waals surface area contributed by atoms with E-state index in [0.717, 1.165) is 25.2 Å². The van der Waals surface area contributed by atoms with Gasteiger partial charge in [0.2, 0.25) is 5.91 Å². The Kier molecular flexibility index (Phi) is 4.95. The second-order valence-corrected chi connectivity index (χ2v) is 7.32. The number of halogens is 3. The molecule has 0 bridgehead atoms. The number of amides is 1. The monoisotopic (exact) mass is 390 g/mol. The molecule has 4 rings (SSSR count). The van der Waals surface area contributed by atoms with Gasteiger partial charge in [0.05, 0.1) is 6.04 Å². The Hall–Kier alpha value is -2.64. The highest BCUT2D eigenvalue weighted by Crippen LogP contribution is 2.32. The molecule has 5 nitrogen and oxygen atoms in total. The quantitative estimate of drug-likeness (QED) is 0.871. The maximum absolute atomic E-state index is 12.8. The molecule has 148 valence electrons. The number of benzene rings is 1. The summed E-state index contributed by atoms with van der Waals surface area (Å²) in [6.07, 6.45) is -0.501. The molecule has 1 fully saturated rings. The van der Waals surface area contributed by atoms with E-state index in [1.165, 1.54) is 11.1 Å². The average molecular weight is 390 g/mol. The molecule has 1 N–H and O–H groups in total. The number of nitrogens with one attached hydrogen (secondary N) is 1. The van der Waals surface area contributed by atoms with Crippen molar-refractivity contribution in [2.75, 3.05) is 18.0 Å². The molecule has 2 aliphatic rings. The van der Waals surface area contributed by atoms with E-state index in [2.05, 4.69) is 27.4 Å². The largest absolute Gasteiger partial charge is 0.433 e. The lowest BCUT2D eigenvalue weighted by Gasteiger charge is -2.32. The lowest BCUT2D eigenvalue weighted by atomic mass is 9.95. The number of nitrogens with zero attached hydrogens (tertiary/aromatic N) is 3. The molecule has 0 spiro atoms. The fourth-order valence-corrected chi connectivity index (χ4v) is 4.04. The summed E-state index contributed by atoms with van der Waals surface area (Å²) < 4.78 is 38.5. The molecule has 1 saturated heterocycles. The van der Waals surface area contributed by atoms with Crippen LogP contribution in [0.5, 0.6) is 0 Å². The highest BCUT2D eigenvalue weighted by atomic mass is 19.4. The van der Waals surface area contributed by atoms with Gasteiger partial charge in [0, 0.05) is 25.1 Å². The van der Waals surface area contributed by atoms with E-state index in [-0.39, 0.29) is 23.7 Å². The predicted molar refractivity (Wildman–Crippen MR) is 97.6 cm³/mol. The molecule has 0 radical (unpaired) electrons. The second-order valence-electron chi connectivity index (χ2n) is 7.32. The van der Waals surface area contributed by atoms with Gasteiger partial charge in [-0.25, -0.2) is 9.97 Å². The zero-order valence-corrected chi connectivity index (χ0v) is 15.2. The van der Waals surface area contributed by atoms with Crippen LogP contribution in [0, 0.1) is 5.92 Å². The SMILES string of the molecule is O=C(N[C@H]1CCc2ccccc21)C1CCN(c2cc(C(F)(F)F)ncn2)CC1. The second kappa shape index (κ2) is 7.41. The Labute approximate surface area is 161 Å². The highest BCUT2D eigenvalue weighted by molar-refractivity contribution is 5.79. The van der Waals surface area contributed by atoms with Crippen LogP contribution in [0.4, 0.5) is 19.0 Å². The molecule has 2 heterocycles. The number of aryl methyl sites for hydroxylation is 1. The number of carbonyl (C=O) groups is 1. The van der Waals surface area contributed by atoms with Crippen molar-refractivity contribution in [3.63, 3.8) is 0 Å². The fourth-order valence-electron chi connectivity index (χ4n) is 4.04. The van der Waals surface area contributed by atoms with Crippen molar-refractivity contribution in [1.82, 2.24) is 15.3 Å². The minimum atomic E-state index is -4.49. The van der Waals surface area contributed by atoms with E-state index in [4.69, 9.17) is 0 Å². The molecule has 1 aliphatic carbocycles. The summed E-state index contributed by atoms with van der Waals surface area (Å²) in [5.41, 5.74) is 1.53. The van der Waals surface area contributed by atoms with Crippen LogP contribution in [0.15, 0.2) is 36.7 Å². The first-order valence-corrected chi connectivity index (χ1v) is 9.44. The summed E-state index contributed by atoms with van der Waals surface area (Å²) in [6, 6.07) is 9.17. The minimum absolute atomic E-state index is 0.0278. The Morgan fingerprint density at radius 2 is 1.86 bits per heavy atom. The molecular formula is C20H21F3N4O. The van der Waals surface area contributed by atoms with Crippen LogP contribution in [0.2, 0.25) is 0 Å². The van der Waals surface area contributed by atoms with Gasteiger partial charge in [-0.1, -0.05) is 24.3 Å². The van der Waals surface area contributed by atoms with Crippen LogP contribution >= 0.6 is 0 Å². The molecule has 1 amide bonds. The lowest BCUT2D eigenvalue weighted by molar-refractivity contribution is -0.141. The maximum Gasteiger partial charge on any atom is 0.433 e. The number of fused-ring (bicyclic) bond motifs is 1. The molecule has 1 aliphatic heterocycles. The topological polar surface area (TPSA) is 58.1 Å². The average Bonchev–Trinajstić information content (AvgIpc) is 3.10. The van der Waals surface area contributed by atoms with Crippen molar-refractivity contribution in [3.05, 3.63) is 53.5 Å². The van der Waals surface area contributed by atoms with Gasteiger partial charge in [0.1, 0.15) is 17.8 Å². The zero-order valence-electron chi connectivity index (χ0n) is 15.2. The Morgan fingerprint density at radius 3 is 2.61 bits per heavy atom. The van der Waals surface area contributed by atoms with Crippen LogP contribution in [0.1, 0.15) is 42.1 Å². The smallest absolute Gasteiger partial charge is 0.356 e. The highest BCUT2D eigenvalue weighted by Gasteiger charge is 2.34. The summed E-state index contributed by atoms with van der Waals surface area (Å²) >= 11 is 0. The number of carbonyl (C=O) groups excluding carboxylic acids is 1. The van der Waals surface area contributed by atoms with Gasteiger partial charge >= 0.3 is 6.18 Å². The number of hydrogen-bond acceptors (Lipinski definition) is 4. The Bertz CT molecular complexity index is 863.